The predicted molar refractivity (Wildman–Crippen MR) is 60.8 cm³/mol. The summed E-state index contributed by atoms with van der Waals surface area (Å²) in [6, 6.07) is 5.75. The first-order valence-electron chi connectivity index (χ1n) is 4.92. The molecule has 3 nitrogen and oxygen atoms in total. The molecule has 0 aliphatic heterocycles. The van der Waals surface area contributed by atoms with Crippen LogP contribution >= 0.6 is 0 Å². The lowest BCUT2D eigenvalue weighted by Gasteiger charge is -2.17. The van der Waals surface area contributed by atoms with Gasteiger partial charge in [0.25, 0.3) is 5.91 Å². The van der Waals surface area contributed by atoms with E-state index < -0.39 is 11.5 Å². The van der Waals surface area contributed by atoms with Gasteiger partial charge in [0.05, 0.1) is 0 Å². The normalized spacial score (nSPS) is 11.3. The second-order valence-corrected chi connectivity index (χ2v) is 4.33. The van der Waals surface area contributed by atoms with E-state index in [4.69, 9.17) is 0 Å². The summed E-state index contributed by atoms with van der Waals surface area (Å²) in [7, 11) is 0. The third kappa shape index (κ3) is 3.06. The molecule has 1 aromatic rings. The lowest BCUT2D eigenvalue weighted by atomic mass is 10.1. The Morgan fingerprint density at radius 3 is 2.40 bits per heavy atom. The average Bonchev–Trinajstić information content (AvgIpc) is 2.08. The van der Waals surface area contributed by atoms with E-state index >= 15 is 0 Å². The van der Waals surface area contributed by atoms with E-state index in [1.807, 2.05) is 32.0 Å². The van der Waals surface area contributed by atoms with Gasteiger partial charge < -0.3 is 10.4 Å². The third-order valence-electron chi connectivity index (χ3n) is 2.19. The monoisotopic (exact) mass is 207 g/mol. The second kappa shape index (κ2) is 4.03. The summed E-state index contributed by atoms with van der Waals surface area (Å²) in [6.45, 7) is 6.85. The standard InChI is InChI=1S/C12H17NO2/c1-8-5-6-10(9(2)7-8)13-11(14)12(3,4)15/h5-7,15H,1-4H3,(H,13,14). The first-order valence-corrected chi connectivity index (χ1v) is 4.92. The van der Waals surface area contributed by atoms with Crippen molar-refractivity contribution in [3.63, 3.8) is 0 Å². The fourth-order valence-corrected chi connectivity index (χ4v) is 1.23. The molecule has 0 saturated heterocycles. The largest absolute Gasteiger partial charge is 0.381 e. The average molecular weight is 207 g/mol. The van der Waals surface area contributed by atoms with Crippen LogP contribution in [0.15, 0.2) is 18.2 Å². The number of carbonyl (C=O) groups excluding carboxylic acids is 1. The molecule has 0 saturated carbocycles. The molecule has 0 unspecified atom stereocenters. The summed E-state index contributed by atoms with van der Waals surface area (Å²) in [5.74, 6) is -0.394. The summed E-state index contributed by atoms with van der Waals surface area (Å²) >= 11 is 0. The molecule has 2 N–H and O–H groups in total. The van der Waals surface area contributed by atoms with Crippen molar-refractivity contribution in [3.8, 4) is 0 Å². The Morgan fingerprint density at radius 1 is 1.33 bits per heavy atom. The van der Waals surface area contributed by atoms with E-state index in [1.54, 1.807) is 0 Å². The lowest BCUT2D eigenvalue weighted by molar-refractivity contribution is -0.130. The molecule has 0 aliphatic carbocycles. The summed E-state index contributed by atoms with van der Waals surface area (Å²) in [5.41, 5.74) is 1.53. The SMILES string of the molecule is Cc1ccc(NC(=O)C(C)(C)O)c(C)c1. The maximum absolute atomic E-state index is 11.5. The van der Waals surface area contributed by atoms with Gasteiger partial charge in [-0.15, -0.1) is 0 Å². The van der Waals surface area contributed by atoms with E-state index in [9.17, 15) is 9.90 Å². The second-order valence-electron chi connectivity index (χ2n) is 4.33. The van der Waals surface area contributed by atoms with Crippen LogP contribution in [0, 0.1) is 13.8 Å². The van der Waals surface area contributed by atoms with Crippen LogP contribution in [-0.2, 0) is 4.79 Å². The number of hydrogen-bond donors (Lipinski definition) is 2. The van der Waals surface area contributed by atoms with Crippen molar-refractivity contribution in [2.24, 2.45) is 0 Å². The van der Waals surface area contributed by atoms with Gasteiger partial charge in [0.1, 0.15) is 5.60 Å². The Labute approximate surface area is 90.1 Å². The Kier molecular flexibility index (Phi) is 3.15. The summed E-state index contributed by atoms with van der Waals surface area (Å²) in [6.07, 6.45) is 0. The molecule has 3 heteroatoms. The number of aliphatic hydroxyl groups is 1. The highest BCUT2D eigenvalue weighted by atomic mass is 16.3. The number of benzene rings is 1. The van der Waals surface area contributed by atoms with E-state index in [0.29, 0.717) is 0 Å². The molecule has 0 heterocycles. The Morgan fingerprint density at radius 2 is 1.93 bits per heavy atom. The number of anilines is 1. The summed E-state index contributed by atoms with van der Waals surface area (Å²) < 4.78 is 0. The van der Waals surface area contributed by atoms with E-state index in [0.717, 1.165) is 16.8 Å². The van der Waals surface area contributed by atoms with Crippen LogP contribution in [0.25, 0.3) is 0 Å². The van der Waals surface area contributed by atoms with Crippen LogP contribution in [0.1, 0.15) is 25.0 Å². The van der Waals surface area contributed by atoms with Crippen molar-refractivity contribution >= 4 is 11.6 Å². The molecular formula is C12H17NO2. The Bertz CT molecular complexity index is 378. The van der Waals surface area contributed by atoms with Crippen LogP contribution in [0.5, 0.6) is 0 Å². The maximum Gasteiger partial charge on any atom is 0.255 e. The van der Waals surface area contributed by atoms with Gasteiger partial charge >= 0.3 is 0 Å². The molecule has 0 radical (unpaired) electrons. The first kappa shape index (κ1) is 11.7. The zero-order chi connectivity index (χ0) is 11.6. The van der Waals surface area contributed by atoms with Crippen LogP contribution < -0.4 is 5.32 Å². The topological polar surface area (TPSA) is 49.3 Å². The van der Waals surface area contributed by atoms with Crippen LogP contribution in [0.3, 0.4) is 0 Å². The van der Waals surface area contributed by atoms with Gasteiger partial charge in [0.15, 0.2) is 0 Å². The fourth-order valence-electron chi connectivity index (χ4n) is 1.23. The molecule has 0 atom stereocenters. The van der Waals surface area contributed by atoms with Gasteiger partial charge in [0.2, 0.25) is 0 Å². The van der Waals surface area contributed by atoms with Crippen molar-refractivity contribution in [2.45, 2.75) is 33.3 Å². The molecule has 0 aromatic heterocycles. The zero-order valence-corrected chi connectivity index (χ0v) is 9.59. The molecule has 1 rings (SSSR count). The minimum atomic E-state index is -1.35. The molecule has 0 aliphatic rings. The van der Waals surface area contributed by atoms with Gasteiger partial charge in [-0.1, -0.05) is 17.7 Å². The predicted octanol–water partition coefficient (Wildman–Crippen LogP) is 2.01. The number of hydrogen-bond acceptors (Lipinski definition) is 2. The third-order valence-corrected chi connectivity index (χ3v) is 2.19. The van der Waals surface area contributed by atoms with E-state index in [-0.39, 0.29) is 0 Å². The fraction of sp³-hybridized carbons (Fsp3) is 0.417. The molecule has 1 aromatic carbocycles. The van der Waals surface area contributed by atoms with Crippen LogP contribution in [0.2, 0.25) is 0 Å². The van der Waals surface area contributed by atoms with Crippen molar-refractivity contribution in [3.05, 3.63) is 29.3 Å². The number of aryl methyl sites for hydroxylation is 2. The maximum atomic E-state index is 11.5. The minimum Gasteiger partial charge on any atom is -0.381 e. The number of rotatable bonds is 2. The highest BCUT2D eigenvalue weighted by Gasteiger charge is 2.23. The molecular weight excluding hydrogens is 190 g/mol. The van der Waals surface area contributed by atoms with Gasteiger partial charge in [-0.25, -0.2) is 0 Å². The minimum absolute atomic E-state index is 0.394. The highest BCUT2D eigenvalue weighted by Crippen LogP contribution is 2.17. The number of carbonyl (C=O) groups is 1. The van der Waals surface area contributed by atoms with Crippen LogP contribution in [-0.4, -0.2) is 16.6 Å². The number of amides is 1. The van der Waals surface area contributed by atoms with E-state index in [1.165, 1.54) is 13.8 Å². The number of nitrogens with one attached hydrogen (secondary N) is 1. The molecule has 0 fully saturated rings. The van der Waals surface area contributed by atoms with Crippen molar-refractivity contribution in [1.82, 2.24) is 0 Å². The Hall–Kier alpha value is -1.35. The van der Waals surface area contributed by atoms with Crippen molar-refractivity contribution in [1.29, 1.82) is 0 Å². The van der Waals surface area contributed by atoms with Crippen molar-refractivity contribution in [2.75, 3.05) is 5.32 Å². The highest BCUT2D eigenvalue weighted by molar-refractivity contribution is 5.97. The van der Waals surface area contributed by atoms with Gasteiger partial charge in [-0.05, 0) is 39.3 Å². The molecule has 0 bridgehead atoms. The summed E-state index contributed by atoms with van der Waals surface area (Å²) in [5, 5.41) is 12.2. The molecule has 82 valence electrons. The Balaban J connectivity index is 2.87. The summed E-state index contributed by atoms with van der Waals surface area (Å²) in [4.78, 5) is 11.5. The first-order chi connectivity index (χ1) is 6.80. The lowest BCUT2D eigenvalue weighted by Crippen LogP contribution is -2.36. The van der Waals surface area contributed by atoms with Gasteiger partial charge in [-0.2, -0.15) is 0 Å². The molecule has 1 amide bonds. The molecule has 0 spiro atoms. The van der Waals surface area contributed by atoms with Gasteiger partial charge in [-0.3, -0.25) is 4.79 Å². The quantitative estimate of drug-likeness (QED) is 0.779. The zero-order valence-electron chi connectivity index (χ0n) is 9.59. The molecule has 15 heavy (non-hydrogen) atoms. The van der Waals surface area contributed by atoms with Crippen LogP contribution in [0.4, 0.5) is 5.69 Å². The van der Waals surface area contributed by atoms with Crippen molar-refractivity contribution < 1.29 is 9.90 Å². The van der Waals surface area contributed by atoms with Gasteiger partial charge in [0, 0.05) is 5.69 Å². The van der Waals surface area contributed by atoms with E-state index in [2.05, 4.69) is 5.32 Å². The smallest absolute Gasteiger partial charge is 0.255 e.